The summed E-state index contributed by atoms with van der Waals surface area (Å²) in [5, 5.41) is 15.8. The summed E-state index contributed by atoms with van der Waals surface area (Å²) in [6.07, 6.45) is 2.83. The molecular formula is C25H27FN6. The molecule has 4 aromatic rings. The molecule has 0 aliphatic carbocycles. The smallest absolute Gasteiger partial charge is 0.159 e. The summed E-state index contributed by atoms with van der Waals surface area (Å²) < 4.78 is 15.3. The van der Waals surface area contributed by atoms with Gasteiger partial charge in [-0.2, -0.15) is 5.10 Å². The van der Waals surface area contributed by atoms with E-state index in [1.807, 2.05) is 36.9 Å². The van der Waals surface area contributed by atoms with Crippen molar-refractivity contribution in [3.05, 3.63) is 71.7 Å². The fourth-order valence-corrected chi connectivity index (χ4v) is 4.65. The molecule has 1 atom stereocenters. The minimum atomic E-state index is -0.180. The quantitative estimate of drug-likeness (QED) is 0.475. The SMILES string of the molecule is Cc1cc(F)ccc1CN(C)C1CCN(c2nnc(-c3ccnn3C)c3ccccc23)C1. The van der Waals surface area contributed by atoms with E-state index in [2.05, 4.69) is 50.3 Å². The number of halogens is 1. The van der Waals surface area contributed by atoms with Gasteiger partial charge in [-0.25, -0.2) is 4.39 Å². The highest BCUT2D eigenvalue weighted by Gasteiger charge is 2.28. The monoisotopic (exact) mass is 430 g/mol. The van der Waals surface area contributed by atoms with Crippen LogP contribution in [0.3, 0.4) is 0 Å². The summed E-state index contributed by atoms with van der Waals surface area (Å²) in [7, 11) is 4.07. The van der Waals surface area contributed by atoms with Gasteiger partial charge in [-0.3, -0.25) is 9.58 Å². The van der Waals surface area contributed by atoms with Crippen molar-refractivity contribution in [3.8, 4) is 11.4 Å². The second-order valence-electron chi connectivity index (χ2n) is 8.63. The molecule has 5 rings (SSSR count). The second kappa shape index (κ2) is 8.31. The Hall–Kier alpha value is -3.32. The number of nitrogens with zero attached hydrogens (tertiary/aromatic N) is 6. The molecule has 0 saturated carbocycles. The first-order valence-corrected chi connectivity index (χ1v) is 11.0. The van der Waals surface area contributed by atoms with Gasteiger partial charge in [-0.05, 0) is 49.7 Å². The molecule has 2 aromatic heterocycles. The fraction of sp³-hybridized carbons (Fsp3) is 0.320. The molecule has 1 aliphatic heterocycles. The Kier molecular flexibility index (Phi) is 5.35. The van der Waals surface area contributed by atoms with E-state index in [4.69, 9.17) is 0 Å². The lowest BCUT2D eigenvalue weighted by atomic mass is 10.1. The van der Waals surface area contributed by atoms with Gasteiger partial charge in [0, 0.05) is 49.7 Å². The summed E-state index contributed by atoms with van der Waals surface area (Å²) in [5.41, 5.74) is 3.96. The second-order valence-corrected chi connectivity index (χ2v) is 8.63. The minimum Gasteiger partial charge on any atom is -0.353 e. The molecule has 164 valence electrons. The summed E-state index contributed by atoms with van der Waals surface area (Å²) in [6, 6.07) is 15.7. The summed E-state index contributed by atoms with van der Waals surface area (Å²) >= 11 is 0. The van der Waals surface area contributed by atoms with E-state index in [9.17, 15) is 4.39 Å². The maximum Gasteiger partial charge on any atom is 0.159 e. The van der Waals surface area contributed by atoms with Crippen LogP contribution in [0.5, 0.6) is 0 Å². The van der Waals surface area contributed by atoms with Crippen LogP contribution in [0.25, 0.3) is 22.2 Å². The summed E-state index contributed by atoms with van der Waals surface area (Å²) in [6.45, 7) is 4.59. The van der Waals surface area contributed by atoms with Crippen LogP contribution in [0.1, 0.15) is 17.5 Å². The lowest BCUT2D eigenvalue weighted by Crippen LogP contribution is -2.34. The van der Waals surface area contributed by atoms with Gasteiger partial charge in [-0.15, -0.1) is 10.2 Å². The van der Waals surface area contributed by atoms with Gasteiger partial charge in [0.25, 0.3) is 0 Å². The number of anilines is 1. The van der Waals surface area contributed by atoms with Gasteiger partial charge in [0.1, 0.15) is 11.5 Å². The average Bonchev–Trinajstić information content (AvgIpc) is 3.44. The van der Waals surface area contributed by atoms with Crippen molar-refractivity contribution in [2.45, 2.75) is 25.9 Å². The van der Waals surface area contributed by atoms with Gasteiger partial charge >= 0.3 is 0 Å². The van der Waals surface area contributed by atoms with E-state index in [-0.39, 0.29) is 5.82 Å². The van der Waals surface area contributed by atoms with Crippen molar-refractivity contribution in [1.29, 1.82) is 0 Å². The molecule has 7 heteroatoms. The largest absolute Gasteiger partial charge is 0.353 e. The number of likely N-dealkylation sites (N-methyl/N-ethyl adjacent to an activating group) is 1. The standard InChI is InChI=1S/C25H27FN6/c1-17-14-19(26)9-8-18(17)15-30(2)20-11-13-32(16-20)25-22-7-5-4-6-21(22)24(28-29-25)23-10-12-27-31(23)3/h4-10,12,14,20H,11,13,15-16H2,1-3H3. The molecule has 1 aliphatic rings. The molecule has 2 aromatic carbocycles. The van der Waals surface area contributed by atoms with Crippen LogP contribution in [-0.2, 0) is 13.6 Å². The molecule has 0 spiro atoms. The summed E-state index contributed by atoms with van der Waals surface area (Å²) in [5.74, 6) is 0.751. The number of rotatable bonds is 5. The number of benzene rings is 2. The maximum absolute atomic E-state index is 13.5. The Morgan fingerprint density at radius 1 is 1.09 bits per heavy atom. The zero-order valence-corrected chi connectivity index (χ0v) is 18.7. The van der Waals surface area contributed by atoms with E-state index < -0.39 is 0 Å². The molecule has 3 heterocycles. The lowest BCUT2D eigenvalue weighted by Gasteiger charge is -2.26. The van der Waals surface area contributed by atoms with Crippen molar-refractivity contribution >= 4 is 16.6 Å². The highest BCUT2D eigenvalue weighted by Crippen LogP contribution is 2.33. The van der Waals surface area contributed by atoms with Gasteiger partial charge in [0.2, 0.25) is 0 Å². The molecule has 0 radical (unpaired) electrons. The third-order valence-corrected chi connectivity index (χ3v) is 6.54. The van der Waals surface area contributed by atoms with Crippen LogP contribution in [0.4, 0.5) is 10.2 Å². The molecule has 1 fully saturated rings. The number of aromatic nitrogens is 4. The van der Waals surface area contributed by atoms with Gasteiger partial charge in [0.05, 0.1) is 5.69 Å². The minimum absolute atomic E-state index is 0.180. The Balaban J connectivity index is 1.39. The Bertz CT molecular complexity index is 1270. The van der Waals surface area contributed by atoms with Crippen LogP contribution in [0.15, 0.2) is 54.7 Å². The molecular weight excluding hydrogens is 403 g/mol. The molecule has 32 heavy (non-hydrogen) atoms. The van der Waals surface area contributed by atoms with E-state index in [0.717, 1.165) is 65.2 Å². The van der Waals surface area contributed by atoms with E-state index >= 15 is 0 Å². The molecule has 6 nitrogen and oxygen atoms in total. The molecule has 1 unspecified atom stereocenters. The van der Waals surface area contributed by atoms with E-state index in [1.54, 1.807) is 18.3 Å². The highest BCUT2D eigenvalue weighted by molar-refractivity contribution is 5.99. The first kappa shape index (κ1) is 20.6. The van der Waals surface area contributed by atoms with Crippen molar-refractivity contribution < 1.29 is 4.39 Å². The first-order chi connectivity index (χ1) is 15.5. The van der Waals surface area contributed by atoms with Gasteiger partial charge < -0.3 is 4.90 Å². The van der Waals surface area contributed by atoms with Gasteiger partial charge in [-0.1, -0.05) is 30.3 Å². The molecule has 0 amide bonds. The molecule has 1 saturated heterocycles. The van der Waals surface area contributed by atoms with Crippen LogP contribution in [0.2, 0.25) is 0 Å². The lowest BCUT2D eigenvalue weighted by molar-refractivity contribution is 0.250. The zero-order valence-electron chi connectivity index (χ0n) is 18.7. The predicted molar refractivity (Wildman–Crippen MR) is 125 cm³/mol. The molecule has 0 N–H and O–H groups in total. The van der Waals surface area contributed by atoms with Crippen molar-refractivity contribution in [2.24, 2.45) is 7.05 Å². The third kappa shape index (κ3) is 3.73. The average molecular weight is 431 g/mol. The maximum atomic E-state index is 13.5. The first-order valence-electron chi connectivity index (χ1n) is 11.0. The number of hydrogen-bond donors (Lipinski definition) is 0. The molecule has 0 bridgehead atoms. The predicted octanol–water partition coefficient (Wildman–Crippen LogP) is 4.19. The van der Waals surface area contributed by atoms with Crippen molar-refractivity contribution in [2.75, 3.05) is 25.0 Å². The number of fused-ring (bicyclic) bond motifs is 1. The Labute approximate surface area is 187 Å². The van der Waals surface area contributed by atoms with Crippen molar-refractivity contribution in [3.63, 3.8) is 0 Å². The zero-order chi connectivity index (χ0) is 22.2. The van der Waals surface area contributed by atoms with Crippen LogP contribution in [-0.4, -0.2) is 51.1 Å². The van der Waals surface area contributed by atoms with Crippen LogP contribution >= 0.6 is 0 Å². The number of aryl methyl sites for hydroxylation is 2. The van der Waals surface area contributed by atoms with Crippen molar-refractivity contribution in [1.82, 2.24) is 24.9 Å². The Morgan fingerprint density at radius 2 is 1.91 bits per heavy atom. The fourth-order valence-electron chi connectivity index (χ4n) is 4.65. The van der Waals surface area contributed by atoms with E-state index in [1.165, 1.54) is 0 Å². The topological polar surface area (TPSA) is 50.1 Å². The Morgan fingerprint density at radius 3 is 2.66 bits per heavy atom. The number of hydrogen-bond acceptors (Lipinski definition) is 5. The van der Waals surface area contributed by atoms with Crippen LogP contribution < -0.4 is 4.90 Å². The van der Waals surface area contributed by atoms with Gasteiger partial charge in [0.15, 0.2) is 5.82 Å². The highest BCUT2D eigenvalue weighted by atomic mass is 19.1. The normalized spacial score (nSPS) is 16.4. The van der Waals surface area contributed by atoms with Crippen LogP contribution in [0, 0.1) is 12.7 Å². The van der Waals surface area contributed by atoms with E-state index in [0.29, 0.717) is 6.04 Å². The third-order valence-electron chi connectivity index (χ3n) is 6.54. The summed E-state index contributed by atoms with van der Waals surface area (Å²) in [4.78, 5) is 4.70.